The van der Waals surface area contributed by atoms with E-state index in [0.717, 1.165) is 12.8 Å². The molecule has 0 saturated heterocycles. The maximum absolute atomic E-state index is 10.6. The quantitative estimate of drug-likeness (QED) is 0.450. The van der Waals surface area contributed by atoms with Crippen LogP contribution < -0.4 is 0 Å². The van der Waals surface area contributed by atoms with Crippen molar-refractivity contribution in [1.82, 2.24) is 0 Å². The summed E-state index contributed by atoms with van der Waals surface area (Å²) in [6, 6.07) is 10.4. The van der Waals surface area contributed by atoms with Gasteiger partial charge in [-0.05, 0) is 24.8 Å². The van der Waals surface area contributed by atoms with Gasteiger partial charge < -0.3 is 4.74 Å². The van der Waals surface area contributed by atoms with Crippen molar-refractivity contribution >= 4 is 6.29 Å². The molecule has 0 N–H and O–H groups in total. The zero-order valence-corrected chi connectivity index (χ0v) is 9.97. The van der Waals surface area contributed by atoms with Crippen LogP contribution in [-0.2, 0) is 9.53 Å². The lowest BCUT2D eigenvalue weighted by atomic mass is 9.81. The van der Waals surface area contributed by atoms with Crippen LogP contribution in [0.4, 0.5) is 0 Å². The van der Waals surface area contributed by atoms with E-state index in [9.17, 15) is 4.79 Å². The normalized spacial score (nSPS) is 24.0. The van der Waals surface area contributed by atoms with E-state index in [4.69, 9.17) is 4.74 Å². The second-order valence-corrected chi connectivity index (χ2v) is 4.54. The maximum atomic E-state index is 10.6. The molecule has 0 spiro atoms. The zero-order chi connectivity index (χ0) is 12.1. The highest BCUT2D eigenvalue weighted by Crippen LogP contribution is 2.35. The first-order chi connectivity index (χ1) is 8.31. The van der Waals surface area contributed by atoms with E-state index in [1.165, 1.54) is 18.4 Å². The highest BCUT2D eigenvalue weighted by Gasteiger charge is 2.28. The largest absolute Gasteiger partial charge is 0.487 e. The predicted molar refractivity (Wildman–Crippen MR) is 67.7 cm³/mol. The van der Waals surface area contributed by atoms with Gasteiger partial charge in [0, 0.05) is 5.92 Å². The van der Waals surface area contributed by atoms with Gasteiger partial charge in [0.25, 0.3) is 0 Å². The summed E-state index contributed by atoms with van der Waals surface area (Å²) in [6.07, 6.45) is 5.32. The Kier molecular flexibility index (Phi) is 3.97. The molecule has 2 nitrogen and oxygen atoms in total. The fraction of sp³-hybridized carbons (Fsp3) is 0.400. The molecule has 0 aliphatic heterocycles. The molecule has 0 heterocycles. The van der Waals surface area contributed by atoms with Gasteiger partial charge in [0.15, 0.2) is 12.0 Å². The molecule has 0 amide bonds. The molecule has 17 heavy (non-hydrogen) atoms. The molecule has 2 heteroatoms. The Morgan fingerprint density at radius 2 is 1.94 bits per heavy atom. The molecule has 1 aromatic carbocycles. The third kappa shape index (κ3) is 2.96. The summed E-state index contributed by atoms with van der Waals surface area (Å²) in [5, 5.41) is 0. The second-order valence-electron chi connectivity index (χ2n) is 4.54. The Labute approximate surface area is 102 Å². The van der Waals surface area contributed by atoms with Gasteiger partial charge in [-0.2, -0.15) is 0 Å². The highest BCUT2D eigenvalue weighted by molar-refractivity contribution is 5.69. The third-order valence-corrected chi connectivity index (χ3v) is 3.36. The van der Waals surface area contributed by atoms with Crippen molar-refractivity contribution in [2.75, 3.05) is 0 Å². The van der Waals surface area contributed by atoms with Crippen molar-refractivity contribution in [2.24, 2.45) is 0 Å². The van der Waals surface area contributed by atoms with Gasteiger partial charge in [0.05, 0.1) is 0 Å². The number of rotatable bonds is 4. The minimum absolute atomic E-state index is 0.101. The number of benzene rings is 1. The first kappa shape index (κ1) is 11.9. The number of hydrogen-bond donors (Lipinski definition) is 0. The van der Waals surface area contributed by atoms with Gasteiger partial charge in [-0.25, -0.2) is 0 Å². The molecule has 90 valence electrons. The molecule has 0 radical (unpaired) electrons. The van der Waals surface area contributed by atoms with Crippen molar-refractivity contribution in [3.05, 3.63) is 48.2 Å². The average Bonchev–Trinajstić information content (AvgIpc) is 2.40. The number of hydrogen-bond acceptors (Lipinski definition) is 2. The molecule has 1 saturated carbocycles. The second kappa shape index (κ2) is 5.67. The van der Waals surface area contributed by atoms with Gasteiger partial charge in [0.2, 0.25) is 0 Å². The molecule has 1 aliphatic carbocycles. The van der Waals surface area contributed by atoms with E-state index < -0.39 is 0 Å². The Morgan fingerprint density at radius 3 is 2.65 bits per heavy atom. The fourth-order valence-electron chi connectivity index (χ4n) is 2.54. The van der Waals surface area contributed by atoms with Crippen LogP contribution in [0.15, 0.2) is 42.7 Å². The van der Waals surface area contributed by atoms with E-state index in [2.05, 4.69) is 30.8 Å². The molecule has 2 rings (SSSR count). The first-order valence-corrected chi connectivity index (χ1v) is 6.17. The predicted octanol–water partition coefficient (Wildman–Crippen LogP) is 3.44. The Morgan fingerprint density at radius 1 is 1.24 bits per heavy atom. The van der Waals surface area contributed by atoms with Crippen LogP contribution in [0, 0.1) is 0 Å². The fourth-order valence-corrected chi connectivity index (χ4v) is 2.54. The average molecular weight is 230 g/mol. The van der Waals surface area contributed by atoms with Crippen molar-refractivity contribution in [2.45, 2.75) is 37.7 Å². The molecular formula is C15H18O2. The van der Waals surface area contributed by atoms with Gasteiger partial charge in [-0.3, -0.25) is 4.79 Å². The zero-order valence-electron chi connectivity index (χ0n) is 9.97. The van der Waals surface area contributed by atoms with E-state index in [0.29, 0.717) is 12.2 Å². The van der Waals surface area contributed by atoms with Gasteiger partial charge >= 0.3 is 0 Å². The van der Waals surface area contributed by atoms with Crippen molar-refractivity contribution in [1.29, 1.82) is 0 Å². The summed E-state index contributed by atoms with van der Waals surface area (Å²) < 4.78 is 5.64. The van der Waals surface area contributed by atoms with Gasteiger partial charge in [-0.1, -0.05) is 43.3 Å². The molecule has 1 aromatic rings. The minimum atomic E-state index is 0.101. The Bertz CT molecular complexity index is 383. The molecular weight excluding hydrogens is 212 g/mol. The third-order valence-electron chi connectivity index (χ3n) is 3.36. The van der Waals surface area contributed by atoms with Crippen LogP contribution in [-0.4, -0.2) is 12.4 Å². The van der Waals surface area contributed by atoms with Gasteiger partial charge in [-0.15, -0.1) is 0 Å². The maximum Gasteiger partial charge on any atom is 0.184 e. The lowest BCUT2D eigenvalue weighted by molar-refractivity contribution is -0.109. The lowest BCUT2D eigenvalue weighted by Crippen LogP contribution is -2.26. The van der Waals surface area contributed by atoms with Crippen LogP contribution in [0.5, 0.6) is 0 Å². The standard InChI is InChI=1S/C15H18O2/c1-12(11-16)17-15-10-6-5-9-14(15)13-7-3-2-4-8-13/h2-4,7-8,11,14-15H,1,5-6,9-10H2/t14-,15+/m0/s1. The number of allylic oxidation sites excluding steroid dienone is 1. The first-order valence-electron chi connectivity index (χ1n) is 6.17. The monoisotopic (exact) mass is 230 g/mol. The Balaban J connectivity index is 2.12. The highest BCUT2D eigenvalue weighted by atomic mass is 16.5. The van der Waals surface area contributed by atoms with Gasteiger partial charge in [0.1, 0.15) is 6.10 Å². The van der Waals surface area contributed by atoms with E-state index >= 15 is 0 Å². The van der Waals surface area contributed by atoms with Crippen LogP contribution in [0.3, 0.4) is 0 Å². The van der Waals surface area contributed by atoms with E-state index in [-0.39, 0.29) is 11.9 Å². The number of aldehydes is 1. The summed E-state index contributed by atoms with van der Waals surface area (Å²) in [4.78, 5) is 10.6. The number of carbonyl (C=O) groups is 1. The molecule has 2 atom stereocenters. The molecule has 0 unspecified atom stereocenters. The number of carbonyl (C=O) groups excluding carboxylic acids is 1. The lowest BCUT2D eigenvalue weighted by Gasteiger charge is -2.32. The van der Waals surface area contributed by atoms with Crippen LogP contribution in [0.2, 0.25) is 0 Å². The molecule has 0 bridgehead atoms. The van der Waals surface area contributed by atoms with E-state index in [1.807, 2.05) is 6.07 Å². The molecule has 0 aromatic heterocycles. The van der Waals surface area contributed by atoms with Crippen molar-refractivity contribution < 1.29 is 9.53 Å². The topological polar surface area (TPSA) is 26.3 Å². The summed E-state index contributed by atoms with van der Waals surface area (Å²) in [5.41, 5.74) is 1.30. The molecule has 1 aliphatic rings. The summed E-state index contributed by atoms with van der Waals surface area (Å²) in [5.74, 6) is 0.638. The summed E-state index contributed by atoms with van der Waals surface area (Å²) in [7, 11) is 0. The van der Waals surface area contributed by atoms with Crippen LogP contribution in [0.25, 0.3) is 0 Å². The van der Waals surface area contributed by atoms with Crippen LogP contribution >= 0.6 is 0 Å². The van der Waals surface area contributed by atoms with Crippen molar-refractivity contribution in [3.8, 4) is 0 Å². The SMILES string of the molecule is C=C(C=O)O[C@@H]1CCCC[C@H]1c1ccccc1. The van der Waals surface area contributed by atoms with E-state index in [1.54, 1.807) is 0 Å². The Hall–Kier alpha value is -1.57. The number of ether oxygens (including phenoxy) is 1. The molecule has 1 fully saturated rings. The smallest absolute Gasteiger partial charge is 0.184 e. The van der Waals surface area contributed by atoms with Crippen LogP contribution in [0.1, 0.15) is 37.2 Å². The van der Waals surface area contributed by atoms with Crippen molar-refractivity contribution in [3.63, 3.8) is 0 Å². The minimum Gasteiger partial charge on any atom is -0.487 e. The summed E-state index contributed by atoms with van der Waals surface area (Å²) in [6.45, 7) is 3.61. The summed E-state index contributed by atoms with van der Waals surface area (Å²) >= 11 is 0.